The maximum Gasteiger partial charge on any atom is 0.410 e. The Morgan fingerprint density at radius 2 is 1.78 bits per heavy atom. The molecule has 0 unspecified atom stereocenters. The molecule has 1 amide bonds. The zero-order valence-electron chi connectivity index (χ0n) is 16.1. The van der Waals surface area contributed by atoms with Crippen molar-refractivity contribution in [1.82, 2.24) is 4.98 Å². The van der Waals surface area contributed by atoms with Gasteiger partial charge in [-0.1, -0.05) is 32.9 Å². The van der Waals surface area contributed by atoms with Gasteiger partial charge in [0.05, 0.1) is 0 Å². The first-order valence-corrected chi connectivity index (χ1v) is 11.4. The molecule has 0 aliphatic carbocycles. The maximum atomic E-state index is 10.7. The summed E-state index contributed by atoms with van der Waals surface area (Å²) in [6.45, 7) is 10.8. The Morgan fingerprint density at radius 3 is 2.37 bits per heavy atom. The maximum absolute atomic E-state index is 10.7. The topological polar surface area (TPSA) is 122 Å². The monoisotopic (exact) mass is 387 g/mol. The number of hydrogen-bond donors (Lipinski definition) is 3. The number of anilines is 2. The number of para-hydroxylation sites is 1. The molecule has 0 bridgehead atoms. The fraction of sp³-hybridized carbons (Fsp3) is 0.333. The van der Waals surface area contributed by atoms with Gasteiger partial charge in [0.1, 0.15) is 22.9 Å². The number of nitrogens with one attached hydrogen (secondary N) is 1. The molecular weight excluding hydrogens is 362 g/mol. The summed E-state index contributed by atoms with van der Waals surface area (Å²) in [5, 5.41) is 19.3. The van der Waals surface area contributed by atoms with E-state index in [2.05, 4.69) is 54.4 Å². The van der Waals surface area contributed by atoms with Gasteiger partial charge in [0.2, 0.25) is 0 Å². The molecule has 4 N–H and O–H groups in total. The Labute approximate surface area is 159 Å². The fourth-order valence-electron chi connectivity index (χ4n) is 1.89. The predicted octanol–water partition coefficient (Wildman–Crippen LogP) is 5.55. The fourth-order valence-corrected chi connectivity index (χ4v) is 2.92. The van der Waals surface area contributed by atoms with Crippen LogP contribution in [0.1, 0.15) is 20.8 Å². The third-order valence-corrected chi connectivity index (χ3v) is 8.78. The number of nitrogens with two attached hydrogens (primary N) is 1. The van der Waals surface area contributed by atoms with E-state index in [-0.39, 0.29) is 16.7 Å². The van der Waals surface area contributed by atoms with Gasteiger partial charge >= 0.3 is 6.09 Å². The van der Waals surface area contributed by atoms with E-state index < -0.39 is 14.4 Å². The van der Waals surface area contributed by atoms with Crippen molar-refractivity contribution in [2.45, 2.75) is 38.9 Å². The normalized spacial score (nSPS) is 12.2. The third-order valence-electron chi connectivity index (χ3n) is 4.44. The second kappa shape index (κ2) is 7.75. The van der Waals surface area contributed by atoms with Crippen LogP contribution >= 0.6 is 0 Å². The quantitative estimate of drug-likeness (QED) is 0.458. The van der Waals surface area contributed by atoms with E-state index in [4.69, 9.17) is 15.3 Å². The molecule has 1 aromatic carbocycles. The molecule has 0 saturated heterocycles. The number of rotatable bonds is 5. The van der Waals surface area contributed by atoms with Gasteiger partial charge in [-0.25, -0.2) is 9.78 Å². The summed E-state index contributed by atoms with van der Waals surface area (Å²) in [6.07, 6.45) is -1.21. The number of amides is 1. The Morgan fingerprint density at radius 1 is 1.15 bits per heavy atom. The lowest BCUT2D eigenvalue weighted by molar-refractivity contribution is 0.209. The van der Waals surface area contributed by atoms with E-state index >= 15 is 0 Å². The van der Waals surface area contributed by atoms with Crippen molar-refractivity contribution < 1.29 is 14.3 Å². The molecule has 1 aromatic heterocycles. The lowest BCUT2D eigenvalue weighted by Crippen LogP contribution is -2.43. The second-order valence-electron chi connectivity index (χ2n) is 7.56. The van der Waals surface area contributed by atoms with E-state index in [0.29, 0.717) is 17.1 Å². The van der Waals surface area contributed by atoms with Crippen molar-refractivity contribution >= 4 is 37.4 Å². The average molecular weight is 388 g/mol. The first-order chi connectivity index (χ1) is 12.5. The summed E-state index contributed by atoms with van der Waals surface area (Å²) in [7, 11) is -2.02. The van der Waals surface area contributed by atoms with Crippen LogP contribution in [-0.2, 0) is 0 Å². The molecule has 0 spiro atoms. The zero-order chi connectivity index (χ0) is 20.2. The molecule has 9 heteroatoms. The van der Waals surface area contributed by atoms with Crippen LogP contribution in [0.15, 0.2) is 46.6 Å². The van der Waals surface area contributed by atoms with Gasteiger partial charge in [-0.15, -0.1) is 10.2 Å². The number of benzene rings is 1. The van der Waals surface area contributed by atoms with Crippen LogP contribution < -0.4 is 15.5 Å². The highest BCUT2D eigenvalue weighted by Gasteiger charge is 2.39. The Bertz CT molecular complexity index is 862. The Balaban J connectivity index is 2.27. The minimum atomic E-state index is -2.02. The molecule has 0 atom stereocenters. The van der Waals surface area contributed by atoms with Crippen LogP contribution in [0.3, 0.4) is 0 Å². The van der Waals surface area contributed by atoms with Gasteiger partial charge < -0.3 is 15.3 Å². The number of carbonyl (C=O) groups is 1. The van der Waals surface area contributed by atoms with Crippen LogP contribution in [0.5, 0.6) is 5.75 Å². The molecule has 0 aliphatic heterocycles. The number of pyridine rings is 1. The minimum Gasteiger partial charge on any atom is -0.542 e. The number of carboxylic acid groups (broad SMARTS) is 1. The van der Waals surface area contributed by atoms with Crippen molar-refractivity contribution in [2.75, 3.05) is 11.1 Å². The van der Waals surface area contributed by atoms with Gasteiger partial charge in [-0.3, -0.25) is 5.32 Å². The van der Waals surface area contributed by atoms with E-state index in [9.17, 15) is 4.79 Å². The first-order valence-electron chi connectivity index (χ1n) is 8.46. The molecule has 8 nitrogen and oxygen atoms in total. The summed E-state index contributed by atoms with van der Waals surface area (Å²) >= 11 is 0. The number of nitrogen functional groups attached to an aromatic ring is 1. The van der Waals surface area contributed by atoms with Crippen LogP contribution in [0.2, 0.25) is 18.1 Å². The van der Waals surface area contributed by atoms with E-state index in [1.807, 2.05) is 24.3 Å². The van der Waals surface area contributed by atoms with Gasteiger partial charge in [-0.2, -0.15) is 0 Å². The highest BCUT2D eigenvalue weighted by Crippen LogP contribution is 2.40. The number of aromatic nitrogens is 1. The molecule has 1 heterocycles. The first kappa shape index (κ1) is 20.4. The van der Waals surface area contributed by atoms with Gasteiger partial charge in [-0.05, 0) is 42.4 Å². The smallest absolute Gasteiger partial charge is 0.410 e. The minimum absolute atomic E-state index is 0.0541. The lowest BCUT2D eigenvalue weighted by atomic mass is 10.2. The molecule has 144 valence electrons. The second-order valence-corrected chi connectivity index (χ2v) is 12.3. The largest absolute Gasteiger partial charge is 0.542 e. The number of hydrogen-bond acceptors (Lipinski definition) is 6. The Kier molecular flexibility index (Phi) is 5.84. The van der Waals surface area contributed by atoms with E-state index in [1.165, 1.54) is 6.07 Å². The average Bonchev–Trinajstić information content (AvgIpc) is 2.53. The molecular formula is C18H25N5O3Si. The lowest BCUT2D eigenvalue weighted by Gasteiger charge is -2.36. The van der Waals surface area contributed by atoms with Crippen molar-refractivity contribution in [1.29, 1.82) is 0 Å². The molecule has 0 aliphatic rings. The SMILES string of the molecule is CC(C)(C)[Si](C)(C)Oc1ccccc1N=Nc1ccc(NC(=O)O)nc1N. The van der Waals surface area contributed by atoms with Crippen LogP contribution in [0, 0.1) is 0 Å². The number of azo groups is 1. The van der Waals surface area contributed by atoms with Gasteiger partial charge in [0.15, 0.2) is 5.82 Å². The molecule has 0 radical (unpaired) electrons. The number of nitrogens with zero attached hydrogens (tertiary/aromatic N) is 3. The van der Waals surface area contributed by atoms with Gasteiger partial charge in [0, 0.05) is 0 Å². The van der Waals surface area contributed by atoms with Crippen molar-refractivity contribution in [2.24, 2.45) is 10.2 Å². The molecule has 2 aromatic rings. The predicted molar refractivity (Wildman–Crippen MR) is 109 cm³/mol. The van der Waals surface area contributed by atoms with Crippen molar-refractivity contribution in [3.63, 3.8) is 0 Å². The third kappa shape index (κ3) is 5.27. The van der Waals surface area contributed by atoms with E-state index in [0.717, 1.165) is 0 Å². The summed E-state index contributed by atoms with van der Waals surface area (Å²) in [4.78, 5) is 14.6. The van der Waals surface area contributed by atoms with E-state index in [1.54, 1.807) is 6.07 Å². The molecule has 27 heavy (non-hydrogen) atoms. The van der Waals surface area contributed by atoms with Crippen LogP contribution in [-0.4, -0.2) is 24.5 Å². The standard InChI is InChI=1S/C18H25N5O3Si/c1-18(2,3)27(4,5)26-14-9-7-6-8-12(14)22-23-13-10-11-15(20-16(13)19)21-17(24)25/h6-11H,1-5H3,(H,24,25)(H3,19,20,21). The highest BCUT2D eigenvalue weighted by atomic mass is 28.4. The molecule has 0 fully saturated rings. The van der Waals surface area contributed by atoms with Crippen molar-refractivity contribution in [3.05, 3.63) is 36.4 Å². The summed E-state index contributed by atoms with van der Waals surface area (Å²) in [5.74, 6) is 0.872. The van der Waals surface area contributed by atoms with Crippen molar-refractivity contribution in [3.8, 4) is 5.75 Å². The summed E-state index contributed by atoms with van der Waals surface area (Å²) in [5.41, 5.74) is 6.77. The summed E-state index contributed by atoms with van der Waals surface area (Å²) < 4.78 is 6.34. The zero-order valence-corrected chi connectivity index (χ0v) is 17.1. The van der Waals surface area contributed by atoms with Crippen LogP contribution in [0.4, 0.5) is 27.8 Å². The Hall–Kier alpha value is -2.94. The molecule has 0 saturated carbocycles. The van der Waals surface area contributed by atoms with Crippen LogP contribution in [0.25, 0.3) is 0 Å². The van der Waals surface area contributed by atoms with Gasteiger partial charge in [0.25, 0.3) is 8.32 Å². The molecule has 2 rings (SSSR count). The summed E-state index contributed by atoms with van der Waals surface area (Å²) in [6, 6.07) is 10.5. The highest BCUT2D eigenvalue weighted by molar-refractivity contribution is 6.74.